The van der Waals surface area contributed by atoms with Gasteiger partial charge in [0.2, 0.25) is 0 Å². The Labute approximate surface area is 147 Å². The molecule has 25 heavy (non-hydrogen) atoms. The summed E-state index contributed by atoms with van der Waals surface area (Å²) in [5.41, 5.74) is 1.17. The molecule has 2 aliphatic rings. The highest BCUT2D eigenvalue weighted by Gasteiger charge is 2.23. The zero-order chi connectivity index (χ0) is 17.1. The molecule has 1 saturated heterocycles. The van der Waals surface area contributed by atoms with Crippen molar-refractivity contribution < 1.29 is 0 Å². The molecule has 0 N–H and O–H groups in total. The molecule has 2 fully saturated rings. The average molecular weight is 340 g/mol. The molecule has 4 rings (SSSR count). The van der Waals surface area contributed by atoms with E-state index in [4.69, 9.17) is 0 Å². The lowest BCUT2D eigenvalue weighted by Gasteiger charge is -2.35. The van der Waals surface area contributed by atoms with E-state index in [-0.39, 0.29) is 5.56 Å². The van der Waals surface area contributed by atoms with Crippen molar-refractivity contribution in [2.45, 2.75) is 31.7 Å². The maximum Gasteiger partial charge on any atom is 0.266 e. The summed E-state index contributed by atoms with van der Waals surface area (Å²) in [6.07, 6.45) is 7.22. The Bertz CT molecular complexity index is 764. The molecular formula is C18H24N6O. The molecule has 3 heterocycles. The topological polar surface area (TPSA) is 67.2 Å². The number of nitrogens with zero attached hydrogens (tertiary/aromatic N) is 6. The molecule has 0 atom stereocenters. The Morgan fingerprint density at radius 2 is 1.92 bits per heavy atom. The van der Waals surface area contributed by atoms with Crippen LogP contribution in [0.15, 0.2) is 35.5 Å². The summed E-state index contributed by atoms with van der Waals surface area (Å²) in [6, 6.07) is 5.41. The molecule has 0 aromatic carbocycles. The number of rotatable bonds is 5. The van der Waals surface area contributed by atoms with E-state index >= 15 is 0 Å². The highest BCUT2D eigenvalue weighted by atomic mass is 16.1. The van der Waals surface area contributed by atoms with Gasteiger partial charge in [-0.15, -0.1) is 0 Å². The van der Waals surface area contributed by atoms with Gasteiger partial charge in [0.1, 0.15) is 12.1 Å². The molecule has 2 aromatic heterocycles. The van der Waals surface area contributed by atoms with Gasteiger partial charge >= 0.3 is 0 Å². The monoisotopic (exact) mass is 340 g/mol. The number of hydrogen-bond acceptors (Lipinski definition) is 6. The molecule has 0 unspecified atom stereocenters. The Hall–Kier alpha value is -2.28. The molecule has 1 aliphatic heterocycles. The molecular weight excluding hydrogens is 316 g/mol. The van der Waals surface area contributed by atoms with Crippen LogP contribution in [-0.4, -0.2) is 57.4 Å². The normalized spacial score (nSPS) is 19.0. The fraction of sp³-hybridized carbons (Fsp3) is 0.556. The van der Waals surface area contributed by atoms with Crippen molar-refractivity contribution >= 4 is 5.82 Å². The maximum atomic E-state index is 11.7. The molecule has 0 bridgehead atoms. The molecule has 132 valence electrons. The van der Waals surface area contributed by atoms with Crippen molar-refractivity contribution in [3.63, 3.8) is 0 Å². The van der Waals surface area contributed by atoms with Crippen LogP contribution in [0, 0.1) is 0 Å². The third-order valence-corrected chi connectivity index (χ3v) is 5.31. The van der Waals surface area contributed by atoms with Crippen LogP contribution < -0.4 is 10.5 Å². The lowest BCUT2D eigenvalue weighted by molar-refractivity contribution is 0.242. The second kappa shape index (κ2) is 7.31. The molecule has 2 aromatic rings. The molecule has 7 heteroatoms. The third-order valence-electron chi connectivity index (χ3n) is 5.31. The predicted octanol–water partition coefficient (Wildman–Crippen LogP) is 1.12. The van der Waals surface area contributed by atoms with E-state index in [1.54, 1.807) is 24.7 Å². The van der Waals surface area contributed by atoms with Crippen LogP contribution in [0.2, 0.25) is 0 Å². The second-order valence-corrected chi connectivity index (χ2v) is 6.84. The molecule has 7 nitrogen and oxygen atoms in total. The third kappa shape index (κ3) is 3.71. The van der Waals surface area contributed by atoms with Crippen LogP contribution in [0.3, 0.4) is 0 Å². The van der Waals surface area contributed by atoms with Crippen molar-refractivity contribution in [2.24, 2.45) is 0 Å². The van der Waals surface area contributed by atoms with E-state index in [0.717, 1.165) is 38.5 Å². The summed E-state index contributed by atoms with van der Waals surface area (Å²) in [5.74, 6) is 1.69. The number of anilines is 1. The first kappa shape index (κ1) is 16.2. The van der Waals surface area contributed by atoms with E-state index in [1.165, 1.54) is 29.6 Å². The largest absolute Gasteiger partial charge is 0.354 e. The molecule has 0 amide bonds. The van der Waals surface area contributed by atoms with Gasteiger partial charge in [0, 0.05) is 62.7 Å². The summed E-state index contributed by atoms with van der Waals surface area (Å²) >= 11 is 0. The van der Waals surface area contributed by atoms with E-state index in [2.05, 4.69) is 30.9 Å². The fourth-order valence-corrected chi connectivity index (χ4v) is 3.45. The average Bonchev–Trinajstić information content (AvgIpc) is 2.60. The van der Waals surface area contributed by atoms with Gasteiger partial charge in [-0.2, -0.15) is 5.10 Å². The van der Waals surface area contributed by atoms with Crippen molar-refractivity contribution in [3.05, 3.63) is 46.8 Å². The van der Waals surface area contributed by atoms with Crippen molar-refractivity contribution in [2.75, 3.05) is 37.6 Å². The summed E-state index contributed by atoms with van der Waals surface area (Å²) in [7, 11) is 0. The van der Waals surface area contributed by atoms with Crippen LogP contribution in [-0.2, 0) is 6.54 Å². The van der Waals surface area contributed by atoms with Gasteiger partial charge < -0.3 is 4.90 Å². The summed E-state index contributed by atoms with van der Waals surface area (Å²) in [6.45, 7) is 5.35. The van der Waals surface area contributed by atoms with Crippen LogP contribution in [0.5, 0.6) is 0 Å². The molecule has 1 aliphatic carbocycles. The first-order valence-electron chi connectivity index (χ1n) is 9.11. The lowest BCUT2D eigenvalue weighted by atomic mass is 9.83. The van der Waals surface area contributed by atoms with Crippen molar-refractivity contribution in [1.29, 1.82) is 0 Å². The fourth-order valence-electron chi connectivity index (χ4n) is 3.45. The number of piperazine rings is 1. The first-order chi connectivity index (χ1) is 12.3. The first-order valence-corrected chi connectivity index (χ1v) is 9.11. The van der Waals surface area contributed by atoms with Crippen LogP contribution in [0.25, 0.3) is 0 Å². The van der Waals surface area contributed by atoms with E-state index in [0.29, 0.717) is 12.5 Å². The summed E-state index contributed by atoms with van der Waals surface area (Å²) in [5, 5.41) is 4.12. The van der Waals surface area contributed by atoms with Crippen molar-refractivity contribution in [3.8, 4) is 0 Å². The van der Waals surface area contributed by atoms with Gasteiger partial charge in [-0.05, 0) is 18.9 Å². The highest BCUT2D eigenvalue weighted by Crippen LogP contribution is 2.35. The highest BCUT2D eigenvalue weighted by molar-refractivity contribution is 5.40. The lowest BCUT2D eigenvalue weighted by Crippen LogP contribution is -2.48. The van der Waals surface area contributed by atoms with Crippen LogP contribution >= 0.6 is 0 Å². The minimum atomic E-state index is -0.0364. The van der Waals surface area contributed by atoms with Crippen molar-refractivity contribution in [1.82, 2.24) is 24.6 Å². The Balaban J connectivity index is 1.31. The minimum absolute atomic E-state index is 0.0364. The van der Waals surface area contributed by atoms with Gasteiger partial charge in [0.15, 0.2) is 0 Å². The van der Waals surface area contributed by atoms with Gasteiger partial charge in [-0.1, -0.05) is 6.42 Å². The second-order valence-electron chi connectivity index (χ2n) is 6.84. The number of aromatic nitrogens is 4. The Morgan fingerprint density at radius 3 is 2.64 bits per heavy atom. The summed E-state index contributed by atoms with van der Waals surface area (Å²) < 4.78 is 1.53. The standard InChI is InChI=1S/C18H24N6O/c25-18-5-2-6-21-24(18)12-9-22-7-10-23(11-8-22)17-13-16(19-14-20-17)15-3-1-4-15/h2,5-6,13-15H,1,3-4,7-12H2. The molecule has 1 saturated carbocycles. The van der Waals surface area contributed by atoms with Crippen LogP contribution in [0.4, 0.5) is 5.82 Å². The maximum absolute atomic E-state index is 11.7. The van der Waals surface area contributed by atoms with Gasteiger partial charge in [0.25, 0.3) is 5.56 Å². The Morgan fingerprint density at radius 1 is 1.08 bits per heavy atom. The van der Waals surface area contributed by atoms with E-state index < -0.39 is 0 Å². The SMILES string of the molecule is O=c1cccnn1CCN1CCN(c2cc(C3CCC3)ncn2)CC1. The van der Waals surface area contributed by atoms with Gasteiger partial charge in [-0.3, -0.25) is 9.69 Å². The predicted molar refractivity (Wildman–Crippen MR) is 95.8 cm³/mol. The smallest absolute Gasteiger partial charge is 0.266 e. The van der Waals surface area contributed by atoms with E-state index in [9.17, 15) is 4.79 Å². The molecule has 0 spiro atoms. The Kier molecular flexibility index (Phi) is 4.74. The molecule has 0 radical (unpaired) electrons. The van der Waals surface area contributed by atoms with Gasteiger partial charge in [-0.25, -0.2) is 14.6 Å². The van der Waals surface area contributed by atoms with Crippen LogP contribution in [0.1, 0.15) is 30.9 Å². The minimum Gasteiger partial charge on any atom is -0.354 e. The number of hydrogen-bond donors (Lipinski definition) is 0. The van der Waals surface area contributed by atoms with Gasteiger partial charge in [0.05, 0.1) is 6.54 Å². The zero-order valence-corrected chi connectivity index (χ0v) is 14.4. The summed E-state index contributed by atoms with van der Waals surface area (Å²) in [4.78, 5) is 25.4. The zero-order valence-electron chi connectivity index (χ0n) is 14.4. The quantitative estimate of drug-likeness (QED) is 0.813. The van der Waals surface area contributed by atoms with E-state index in [1.807, 2.05) is 0 Å².